The molecular formula is C16H15N3O2S. The van der Waals surface area contributed by atoms with Crippen LogP contribution in [0.5, 0.6) is 0 Å². The van der Waals surface area contributed by atoms with Crippen LogP contribution in [0.4, 0.5) is 0 Å². The number of aliphatic hydroxyl groups is 1. The van der Waals surface area contributed by atoms with Crippen molar-refractivity contribution in [1.82, 2.24) is 14.7 Å². The second-order valence-electron chi connectivity index (χ2n) is 5.53. The van der Waals surface area contributed by atoms with Crippen LogP contribution in [-0.4, -0.2) is 44.9 Å². The van der Waals surface area contributed by atoms with Crippen LogP contribution in [0.1, 0.15) is 15.4 Å². The number of para-hydroxylation sites is 1. The molecule has 0 radical (unpaired) electrons. The Morgan fingerprint density at radius 2 is 2.05 bits per heavy atom. The molecule has 0 atom stereocenters. The number of thiophene rings is 1. The lowest BCUT2D eigenvalue weighted by molar-refractivity contribution is 0.00623. The Bertz CT molecular complexity index is 847. The van der Waals surface area contributed by atoms with Gasteiger partial charge in [-0.15, -0.1) is 11.3 Å². The molecule has 112 valence electrons. The van der Waals surface area contributed by atoms with Crippen LogP contribution in [0.15, 0.2) is 36.4 Å². The molecule has 3 heterocycles. The molecule has 1 N–H and O–H groups in total. The van der Waals surface area contributed by atoms with E-state index in [1.54, 1.807) is 4.90 Å². The van der Waals surface area contributed by atoms with E-state index in [9.17, 15) is 9.90 Å². The number of aryl methyl sites for hydroxylation is 1. The minimum atomic E-state index is -0.375. The van der Waals surface area contributed by atoms with Gasteiger partial charge < -0.3 is 10.0 Å². The van der Waals surface area contributed by atoms with Gasteiger partial charge in [-0.05, 0) is 25.1 Å². The number of fused-ring (bicyclic) bond motifs is 1. The van der Waals surface area contributed by atoms with E-state index in [4.69, 9.17) is 0 Å². The van der Waals surface area contributed by atoms with Gasteiger partial charge in [-0.25, -0.2) is 4.68 Å². The van der Waals surface area contributed by atoms with Crippen LogP contribution in [0.2, 0.25) is 0 Å². The first-order valence-corrected chi connectivity index (χ1v) is 7.97. The molecule has 1 aliphatic heterocycles. The Morgan fingerprint density at radius 3 is 2.73 bits per heavy atom. The molecule has 0 spiro atoms. The maximum absolute atomic E-state index is 12.4. The van der Waals surface area contributed by atoms with Crippen LogP contribution in [-0.2, 0) is 0 Å². The largest absolute Gasteiger partial charge is 0.389 e. The number of amides is 1. The van der Waals surface area contributed by atoms with E-state index < -0.39 is 0 Å². The van der Waals surface area contributed by atoms with Crippen molar-refractivity contribution in [3.8, 4) is 5.69 Å². The molecule has 3 aromatic rings. The van der Waals surface area contributed by atoms with Crippen molar-refractivity contribution in [3.05, 3.63) is 47.0 Å². The van der Waals surface area contributed by atoms with E-state index >= 15 is 0 Å². The average molecular weight is 313 g/mol. The van der Waals surface area contributed by atoms with Crippen molar-refractivity contribution < 1.29 is 9.90 Å². The second-order valence-corrected chi connectivity index (χ2v) is 6.56. The van der Waals surface area contributed by atoms with Gasteiger partial charge in [0.2, 0.25) is 0 Å². The topological polar surface area (TPSA) is 58.4 Å². The molecule has 1 amide bonds. The monoisotopic (exact) mass is 313 g/mol. The first-order valence-electron chi connectivity index (χ1n) is 7.15. The molecule has 1 saturated heterocycles. The first-order chi connectivity index (χ1) is 10.6. The molecule has 5 nitrogen and oxygen atoms in total. The van der Waals surface area contributed by atoms with Gasteiger partial charge in [0.25, 0.3) is 5.91 Å². The number of aromatic nitrogens is 2. The molecular weight excluding hydrogens is 298 g/mol. The number of carbonyl (C=O) groups excluding carboxylic acids is 1. The second kappa shape index (κ2) is 4.93. The standard InChI is InChI=1S/C16H15N3O2S/c1-10-13-7-14(15(21)18-8-12(20)9-18)22-16(13)19(17-10)11-5-3-2-4-6-11/h2-7,12,20H,8-9H2,1H3. The van der Waals surface area contributed by atoms with Crippen molar-refractivity contribution in [2.75, 3.05) is 13.1 Å². The average Bonchev–Trinajstić information content (AvgIpc) is 3.05. The third-order valence-electron chi connectivity index (χ3n) is 3.91. The Morgan fingerprint density at radius 1 is 1.32 bits per heavy atom. The maximum Gasteiger partial charge on any atom is 0.264 e. The van der Waals surface area contributed by atoms with E-state index in [2.05, 4.69) is 5.10 Å². The van der Waals surface area contributed by atoms with E-state index in [1.165, 1.54) is 11.3 Å². The van der Waals surface area contributed by atoms with E-state index in [-0.39, 0.29) is 12.0 Å². The molecule has 4 rings (SSSR count). The van der Waals surface area contributed by atoms with Crippen LogP contribution in [0.25, 0.3) is 15.9 Å². The zero-order valence-electron chi connectivity index (χ0n) is 12.1. The predicted molar refractivity (Wildman–Crippen MR) is 85.6 cm³/mol. The number of likely N-dealkylation sites (tertiary alicyclic amines) is 1. The van der Waals surface area contributed by atoms with Crippen molar-refractivity contribution in [3.63, 3.8) is 0 Å². The van der Waals surface area contributed by atoms with Crippen molar-refractivity contribution >= 4 is 27.5 Å². The summed E-state index contributed by atoms with van der Waals surface area (Å²) in [6, 6.07) is 11.8. The molecule has 0 aliphatic carbocycles. The Balaban J connectivity index is 1.76. The quantitative estimate of drug-likeness (QED) is 0.789. The highest BCUT2D eigenvalue weighted by molar-refractivity contribution is 7.20. The third kappa shape index (κ3) is 2.03. The fourth-order valence-electron chi connectivity index (χ4n) is 2.67. The van der Waals surface area contributed by atoms with Crippen LogP contribution < -0.4 is 0 Å². The number of hydrogen-bond donors (Lipinski definition) is 1. The number of carbonyl (C=O) groups is 1. The summed E-state index contributed by atoms with van der Waals surface area (Å²) in [4.78, 5) is 15.7. The van der Waals surface area contributed by atoms with Gasteiger partial charge in [-0.2, -0.15) is 5.10 Å². The summed E-state index contributed by atoms with van der Waals surface area (Å²) in [5.74, 6) is -0.00879. The van der Waals surface area contributed by atoms with Crippen molar-refractivity contribution in [2.24, 2.45) is 0 Å². The van der Waals surface area contributed by atoms with Gasteiger partial charge >= 0.3 is 0 Å². The highest BCUT2D eigenvalue weighted by atomic mass is 32.1. The number of nitrogens with zero attached hydrogens (tertiary/aromatic N) is 3. The molecule has 2 aromatic heterocycles. The smallest absolute Gasteiger partial charge is 0.264 e. The molecule has 22 heavy (non-hydrogen) atoms. The van der Waals surface area contributed by atoms with Gasteiger partial charge in [0.05, 0.1) is 22.4 Å². The van der Waals surface area contributed by atoms with E-state index in [0.717, 1.165) is 21.6 Å². The third-order valence-corrected chi connectivity index (χ3v) is 5.00. The molecule has 0 bridgehead atoms. The van der Waals surface area contributed by atoms with Crippen LogP contribution in [0.3, 0.4) is 0 Å². The highest BCUT2D eigenvalue weighted by Gasteiger charge is 2.31. The first kappa shape index (κ1) is 13.5. The predicted octanol–water partition coefficient (Wildman–Crippen LogP) is 2.21. The molecule has 0 unspecified atom stereocenters. The Labute approximate surface area is 131 Å². The summed E-state index contributed by atoms with van der Waals surface area (Å²) in [6.45, 7) is 2.81. The number of β-amino-alcohol motifs (C(OH)–C–C–N with tert-alkyl or cyclic N) is 1. The lowest BCUT2D eigenvalue weighted by Crippen LogP contribution is -2.53. The molecule has 1 aromatic carbocycles. The van der Waals surface area contributed by atoms with E-state index in [0.29, 0.717) is 18.0 Å². The Hall–Kier alpha value is -2.18. The SMILES string of the molecule is Cc1nn(-c2ccccc2)c2sc(C(=O)N3CC(O)C3)cc12. The van der Waals surface area contributed by atoms with Gasteiger partial charge in [-0.3, -0.25) is 4.79 Å². The van der Waals surface area contributed by atoms with Crippen molar-refractivity contribution in [1.29, 1.82) is 0 Å². The molecule has 1 fully saturated rings. The van der Waals surface area contributed by atoms with Crippen LogP contribution in [0, 0.1) is 6.92 Å². The zero-order chi connectivity index (χ0) is 15.3. The maximum atomic E-state index is 12.4. The molecule has 6 heteroatoms. The summed E-state index contributed by atoms with van der Waals surface area (Å²) in [5, 5.41) is 14.9. The minimum Gasteiger partial charge on any atom is -0.389 e. The fourth-order valence-corrected chi connectivity index (χ4v) is 3.82. The zero-order valence-corrected chi connectivity index (χ0v) is 12.9. The number of rotatable bonds is 2. The molecule has 0 saturated carbocycles. The summed E-state index contributed by atoms with van der Waals surface area (Å²) in [5.41, 5.74) is 1.90. The van der Waals surface area contributed by atoms with Gasteiger partial charge in [0.15, 0.2) is 0 Å². The minimum absolute atomic E-state index is 0.00879. The fraction of sp³-hybridized carbons (Fsp3) is 0.250. The normalized spacial score (nSPS) is 15.3. The molecule has 1 aliphatic rings. The number of benzene rings is 1. The summed E-state index contributed by atoms with van der Waals surface area (Å²) < 4.78 is 1.89. The highest BCUT2D eigenvalue weighted by Crippen LogP contribution is 2.31. The number of aliphatic hydroxyl groups excluding tert-OH is 1. The van der Waals surface area contributed by atoms with Gasteiger partial charge in [-0.1, -0.05) is 18.2 Å². The lowest BCUT2D eigenvalue weighted by Gasteiger charge is -2.35. The summed E-state index contributed by atoms with van der Waals surface area (Å²) in [7, 11) is 0. The van der Waals surface area contributed by atoms with Gasteiger partial charge in [0.1, 0.15) is 4.83 Å². The van der Waals surface area contributed by atoms with Crippen molar-refractivity contribution in [2.45, 2.75) is 13.0 Å². The van der Waals surface area contributed by atoms with Gasteiger partial charge in [0, 0.05) is 18.5 Å². The Kier molecular flexibility index (Phi) is 3.02. The number of hydrogen-bond acceptors (Lipinski definition) is 4. The lowest BCUT2D eigenvalue weighted by atomic mass is 10.1. The van der Waals surface area contributed by atoms with Crippen LogP contribution >= 0.6 is 11.3 Å². The van der Waals surface area contributed by atoms with E-state index in [1.807, 2.05) is 48.0 Å². The summed E-state index contributed by atoms with van der Waals surface area (Å²) >= 11 is 1.45. The summed E-state index contributed by atoms with van der Waals surface area (Å²) in [6.07, 6.45) is -0.375.